The van der Waals surface area contributed by atoms with Gasteiger partial charge in [0.2, 0.25) is 0 Å². The standard InChI is InChI=1S/C24H22N2O2S2/c1-26-23(29-19-9-5-3-6-10-19)21(22(27)17-13-15-18(28-2)16-14-17)25-24(26)30-20-11-7-4-8-12-20/h3-16,22,27H,1-2H3. The van der Waals surface area contributed by atoms with Crippen molar-refractivity contribution >= 4 is 23.5 Å². The van der Waals surface area contributed by atoms with Crippen LogP contribution in [0.1, 0.15) is 17.4 Å². The van der Waals surface area contributed by atoms with Crippen LogP contribution in [-0.2, 0) is 7.05 Å². The summed E-state index contributed by atoms with van der Waals surface area (Å²) < 4.78 is 7.29. The number of benzene rings is 3. The van der Waals surface area contributed by atoms with Crippen molar-refractivity contribution in [1.82, 2.24) is 9.55 Å². The number of rotatable bonds is 7. The monoisotopic (exact) mass is 434 g/mol. The second-order valence-corrected chi connectivity index (χ2v) is 8.75. The van der Waals surface area contributed by atoms with Crippen LogP contribution in [-0.4, -0.2) is 21.8 Å². The number of imidazole rings is 1. The molecule has 4 nitrogen and oxygen atoms in total. The van der Waals surface area contributed by atoms with Gasteiger partial charge < -0.3 is 14.4 Å². The Bertz CT molecular complexity index is 1100. The Kier molecular flexibility index (Phi) is 6.47. The van der Waals surface area contributed by atoms with Gasteiger partial charge in [-0.15, -0.1) is 0 Å². The lowest BCUT2D eigenvalue weighted by Crippen LogP contribution is -2.02. The van der Waals surface area contributed by atoms with Gasteiger partial charge in [-0.25, -0.2) is 4.98 Å². The normalized spacial score (nSPS) is 12.0. The van der Waals surface area contributed by atoms with Crippen molar-refractivity contribution in [2.24, 2.45) is 7.05 Å². The fraction of sp³-hybridized carbons (Fsp3) is 0.125. The van der Waals surface area contributed by atoms with E-state index in [0.717, 1.165) is 31.3 Å². The molecule has 0 saturated carbocycles. The third-order valence-corrected chi connectivity index (χ3v) is 6.87. The lowest BCUT2D eigenvalue weighted by atomic mass is 10.1. The quantitative estimate of drug-likeness (QED) is 0.398. The van der Waals surface area contributed by atoms with Gasteiger partial charge in [0.1, 0.15) is 22.6 Å². The highest BCUT2D eigenvalue weighted by molar-refractivity contribution is 8.00. The van der Waals surface area contributed by atoms with Crippen LogP contribution in [0.4, 0.5) is 0 Å². The minimum atomic E-state index is -0.835. The van der Waals surface area contributed by atoms with E-state index in [0.29, 0.717) is 5.69 Å². The molecule has 30 heavy (non-hydrogen) atoms. The number of aliphatic hydroxyl groups excluding tert-OH is 1. The van der Waals surface area contributed by atoms with Crippen LogP contribution in [0.3, 0.4) is 0 Å². The number of methoxy groups -OCH3 is 1. The van der Waals surface area contributed by atoms with Crippen LogP contribution in [0.5, 0.6) is 5.75 Å². The average Bonchev–Trinajstić information content (AvgIpc) is 3.10. The van der Waals surface area contributed by atoms with Crippen LogP contribution in [0, 0.1) is 0 Å². The van der Waals surface area contributed by atoms with E-state index in [1.165, 1.54) is 0 Å². The maximum Gasteiger partial charge on any atom is 0.173 e. The third-order valence-electron chi connectivity index (χ3n) is 4.63. The van der Waals surface area contributed by atoms with E-state index in [4.69, 9.17) is 9.72 Å². The number of aliphatic hydroxyl groups is 1. The minimum absolute atomic E-state index is 0.648. The summed E-state index contributed by atoms with van der Waals surface area (Å²) in [7, 11) is 3.62. The molecule has 1 heterocycles. The van der Waals surface area contributed by atoms with Gasteiger partial charge in [-0.05, 0) is 42.0 Å². The first-order valence-corrected chi connectivity index (χ1v) is 11.1. The molecule has 1 aromatic heterocycles. The van der Waals surface area contributed by atoms with E-state index < -0.39 is 6.10 Å². The van der Waals surface area contributed by atoms with Crippen molar-refractivity contribution in [2.45, 2.75) is 26.1 Å². The SMILES string of the molecule is COc1ccc(C(O)c2nc(Sc3ccccc3)n(C)c2Sc2ccccc2)cc1. The number of hydrogen-bond acceptors (Lipinski definition) is 5. The molecule has 1 atom stereocenters. The highest BCUT2D eigenvalue weighted by atomic mass is 32.2. The van der Waals surface area contributed by atoms with Crippen LogP contribution in [0.25, 0.3) is 0 Å². The second-order valence-electron chi connectivity index (χ2n) is 6.65. The van der Waals surface area contributed by atoms with E-state index in [1.54, 1.807) is 30.6 Å². The third kappa shape index (κ3) is 4.56. The molecule has 3 aromatic carbocycles. The van der Waals surface area contributed by atoms with Crippen LogP contribution >= 0.6 is 23.5 Å². The van der Waals surface area contributed by atoms with Crippen LogP contribution < -0.4 is 4.74 Å². The summed E-state index contributed by atoms with van der Waals surface area (Å²) in [5.41, 5.74) is 1.43. The van der Waals surface area contributed by atoms with Crippen molar-refractivity contribution in [3.8, 4) is 5.75 Å². The summed E-state index contributed by atoms with van der Waals surface area (Å²) in [5, 5.41) is 12.9. The fourth-order valence-corrected chi connectivity index (χ4v) is 4.95. The van der Waals surface area contributed by atoms with E-state index in [1.807, 2.05) is 67.7 Å². The van der Waals surface area contributed by atoms with E-state index in [-0.39, 0.29) is 0 Å². The molecular formula is C24H22N2O2S2. The second kappa shape index (κ2) is 9.43. The lowest BCUT2D eigenvalue weighted by Gasteiger charge is -2.12. The summed E-state index contributed by atoms with van der Waals surface area (Å²) in [6, 6.07) is 27.7. The molecular weight excluding hydrogens is 412 g/mol. The van der Waals surface area contributed by atoms with Gasteiger partial charge in [0.25, 0.3) is 0 Å². The number of nitrogens with zero attached hydrogens (tertiary/aromatic N) is 2. The molecule has 0 aliphatic carbocycles. The molecule has 4 rings (SSSR count). The molecule has 0 aliphatic heterocycles. The largest absolute Gasteiger partial charge is 0.497 e. The van der Waals surface area contributed by atoms with Gasteiger partial charge in [0.05, 0.1) is 7.11 Å². The van der Waals surface area contributed by atoms with Gasteiger partial charge in [-0.2, -0.15) is 0 Å². The first kappa shape index (κ1) is 20.6. The Morgan fingerprint density at radius 3 is 1.97 bits per heavy atom. The predicted octanol–water partition coefficient (Wildman–Crippen LogP) is 5.81. The zero-order valence-corrected chi connectivity index (χ0v) is 18.4. The van der Waals surface area contributed by atoms with Gasteiger partial charge in [-0.1, -0.05) is 72.1 Å². The highest BCUT2D eigenvalue weighted by Crippen LogP contribution is 2.39. The van der Waals surface area contributed by atoms with Crippen LogP contribution in [0.15, 0.2) is 105 Å². The Morgan fingerprint density at radius 1 is 0.833 bits per heavy atom. The Hall–Kier alpha value is -2.67. The molecule has 152 valence electrons. The first-order valence-electron chi connectivity index (χ1n) is 9.50. The zero-order valence-electron chi connectivity index (χ0n) is 16.7. The minimum Gasteiger partial charge on any atom is -0.497 e. The number of ether oxygens (including phenoxy) is 1. The van der Waals surface area contributed by atoms with Crippen molar-refractivity contribution in [3.05, 3.63) is 96.2 Å². The summed E-state index contributed by atoms with van der Waals surface area (Å²) in [4.78, 5) is 7.05. The smallest absolute Gasteiger partial charge is 0.173 e. The fourth-order valence-electron chi connectivity index (χ4n) is 3.01. The summed E-state index contributed by atoms with van der Waals surface area (Å²) in [6.07, 6.45) is -0.835. The Labute approximate surface area is 184 Å². The van der Waals surface area contributed by atoms with Gasteiger partial charge in [0.15, 0.2) is 5.16 Å². The van der Waals surface area contributed by atoms with Crippen molar-refractivity contribution < 1.29 is 9.84 Å². The van der Waals surface area contributed by atoms with E-state index in [9.17, 15) is 5.11 Å². The molecule has 1 unspecified atom stereocenters. The van der Waals surface area contributed by atoms with E-state index >= 15 is 0 Å². The van der Waals surface area contributed by atoms with Gasteiger partial charge >= 0.3 is 0 Å². The first-order chi connectivity index (χ1) is 14.7. The van der Waals surface area contributed by atoms with Crippen LogP contribution in [0.2, 0.25) is 0 Å². The van der Waals surface area contributed by atoms with Crippen molar-refractivity contribution in [3.63, 3.8) is 0 Å². The Morgan fingerprint density at radius 2 is 1.40 bits per heavy atom. The summed E-state index contributed by atoms with van der Waals surface area (Å²) >= 11 is 3.19. The van der Waals surface area contributed by atoms with Gasteiger partial charge in [0, 0.05) is 16.8 Å². The average molecular weight is 435 g/mol. The molecule has 1 N–H and O–H groups in total. The Balaban J connectivity index is 1.73. The van der Waals surface area contributed by atoms with Crippen molar-refractivity contribution in [1.29, 1.82) is 0 Å². The van der Waals surface area contributed by atoms with E-state index in [2.05, 4.69) is 28.8 Å². The lowest BCUT2D eigenvalue weighted by molar-refractivity contribution is 0.212. The maximum atomic E-state index is 11.2. The maximum absolute atomic E-state index is 11.2. The van der Waals surface area contributed by atoms with Crippen molar-refractivity contribution in [2.75, 3.05) is 7.11 Å². The summed E-state index contributed by atoms with van der Waals surface area (Å²) in [5.74, 6) is 0.756. The zero-order chi connectivity index (χ0) is 20.9. The molecule has 0 aliphatic rings. The highest BCUT2D eigenvalue weighted by Gasteiger charge is 2.24. The molecule has 4 aromatic rings. The molecule has 0 amide bonds. The molecule has 0 radical (unpaired) electrons. The predicted molar refractivity (Wildman–Crippen MR) is 121 cm³/mol. The molecule has 0 bridgehead atoms. The van der Waals surface area contributed by atoms with Gasteiger partial charge in [-0.3, -0.25) is 0 Å². The summed E-state index contributed by atoms with van der Waals surface area (Å²) in [6.45, 7) is 0. The number of hydrogen-bond donors (Lipinski definition) is 1. The number of aromatic nitrogens is 2. The molecule has 6 heteroatoms. The molecule has 0 saturated heterocycles. The molecule has 0 spiro atoms. The molecule has 0 fully saturated rings. The topological polar surface area (TPSA) is 47.3 Å².